The molecule has 0 radical (unpaired) electrons. The smallest absolute Gasteiger partial charge is 0.316 e. The van der Waals surface area contributed by atoms with Crippen molar-refractivity contribution in [3.8, 4) is 0 Å². The van der Waals surface area contributed by atoms with Gasteiger partial charge in [0.1, 0.15) is 0 Å². The van der Waals surface area contributed by atoms with E-state index in [9.17, 15) is 14.4 Å². The van der Waals surface area contributed by atoms with Crippen LogP contribution >= 0.6 is 12.6 Å². The lowest BCUT2D eigenvalue weighted by Gasteiger charge is -2.17. The van der Waals surface area contributed by atoms with Crippen molar-refractivity contribution in [3.63, 3.8) is 0 Å². The van der Waals surface area contributed by atoms with E-state index < -0.39 is 17.8 Å². The van der Waals surface area contributed by atoms with E-state index in [-0.39, 0.29) is 17.3 Å². The van der Waals surface area contributed by atoms with E-state index in [2.05, 4.69) is 17.6 Å². The second kappa shape index (κ2) is 4.44. The molecule has 0 aromatic heterocycles. The highest BCUT2D eigenvalue weighted by molar-refractivity contribution is 7.81. The predicted molar refractivity (Wildman–Crippen MR) is 59.8 cm³/mol. The number of urea groups is 1. The van der Waals surface area contributed by atoms with Gasteiger partial charge in [0.05, 0.1) is 19.8 Å². The van der Waals surface area contributed by atoms with Crippen LogP contribution in [-0.4, -0.2) is 58.7 Å². The lowest BCUT2D eigenvalue weighted by atomic mass is 10.2. The Balaban J connectivity index is 3.29. The van der Waals surface area contributed by atoms with Gasteiger partial charge < -0.3 is 5.73 Å². The van der Waals surface area contributed by atoms with E-state index in [1.807, 2.05) is 0 Å². The minimum atomic E-state index is -0.698. The van der Waals surface area contributed by atoms with E-state index >= 15 is 0 Å². The van der Waals surface area contributed by atoms with Crippen LogP contribution in [0.4, 0.5) is 4.79 Å². The largest absolute Gasteiger partial charge is 0.445 e. The Hall–Kier alpha value is -1.70. The maximum Gasteiger partial charge on any atom is 0.445 e. The Labute approximate surface area is 97.0 Å². The van der Waals surface area contributed by atoms with Crippen LogP contribution in [0.15, 0.2) is 4.99 Å². The molecule has 1 aliphatic rings. The number of hydrogen-bond donors (Lipinski definition) is 2. The summed E-state index contributed by atoms with van der Waals surface area (Å²) in [6.45, 7) is 0. The van der Waals surface area contributed by atoms with Crippen molar-refractivity contribution < 1.29 is 19.0 Å². The number of hydrogen-bond acceptors (Lipinski definition) is 5. The Bertz CT molecular complexity index is 441. The van der Waals surface area contributed by atoms with Crippen LogP contribution < -0.4 is 5.73 Å². The maximum atomic E-state index is 11.6. The fourth-order valence-corrected chi connectivity index (χ4v) is 1.18. The highest BCUT2D eigenvalue weighted by Crippen LogP contribution is 2.01. The number of amides is 4. The fourth-order valence-electron chi connectivity index (χ4n) is 1.11. The van der Waals surface area contributed by atoms with E-state index in [1.54, 1.807) is 0 Å². The number of amidine groups is 1. The summed E-state index contributed by atoms with van der Waals surface area (Å²) >= 11 is 3.72. The fraction of sp³-hybridized carbons (Fsp3) is 0.375. The zero-order valence-corrected chi connectivity index (χ0v) is 9.69. The third-order valence-corrected chi connectivity index (χ3v) is 2.33. The molecule has 86 valence electrons. The van der Waals surface area contributed by atoms with Crippen LogP contribution in [0.2, 0.25) is 0 Å². The molecular weight excluding hydrogens is 232 g/mol. The zero-order valence-electron chi connectivity index (χ0n) is 8.80. The van der Waals surface area contributed by atoms with E-state index in [0.717, 1.165) is 9.48 Å². The molecule has 16 heavy (non-hydrogen) atoms. The van der Waals surface area contributed by atoms with Crippen LogP contribution in [0.3, 0.4) is 0 Å². The molecule has 0 aromatic carbocycles. The SMILES string of the molecule is CN1C(=O)C(=NC(=O)CS)C(N)=[N+](C)C1=O. The van der Waals surface area contributed by atoms with Crippen LogP contribution in [0.5, 0.6) is 0 Å². The van der Waals surface area contributed by atoms with Crippen LogP contribution in [0.1, 0.15) is 0 Å². The minimum absolute atomic E-state index is 0.133. The predicted octanol–water partition coefficient (Wildman–Crippen LogP) is -1.52. The molecule has 1 aliphatic heterocycles. The molecule has 0 saturated carbocycles. The molecule has 1 heterocycles. The molecule has 8 heteroatoms. The first-order valence-electron chi connectivity index (χ1n) is 4.31. The van der Waals surface area contributed by atoms with Gasteiger partial charge in [-0.2, -0.15) is 27.1 Å². The molecule has 0 unspecified atom stereocenters. The number of thiol groups is 1. The molecule has 4 amide bonds. The second-order valence-corrected chi connectivity index (χ2v) is 3.42. The lowest BCUT2D eigenvalue weighted by molar-refractivity contribution is -0.401. The van der Waals surface area contributed by atoms with Crippen molar-refractivity contribution in [2.45, 2.75) is 0 Å². The van der Waals surface area contributed by atoms with E-state index in [4.69, 9.17) is 5.73 Å². The normalized spacial score (nSPS) is 19.7. The summed E-state index contributed by atoms with van der Waals surface area (Å²) in [6.07, 6.45) is 0. The molecule has 0 fully saturated rings. The summed E-state index contributed by atoms with van der Waals surface area (Å²) in [7, 11) is 2.68. The third-order valence-electron chi connectivity index (χ3n) is 2.06. The quantitative estimate of drug-likeness (QED) is 0.431. The third kappa shape index (κ3) is 1.96. The molecule has 0 saturated heterocycles. The van der Waals surface area contributed by atoms with Gasteiger partial charge in [0.15, 0.2) is 0 Å². The van der Waals surface area contributed by atoms with Crippen LogP contribution in [0, 0.1) is 0 Å². The molecule has 0 spiro atoms. The van der Waals surface area contributed by atoms with Crippen LogP contribution in [0.25, 0.3) is 0 Å². The van der Waals surface area contributed by atoms with Crippen molar-refractivity contribution in [2.24, 2.45) is 10.7 Å². The Morgan fingerprint density at radius 3 is 2.62 bits per heavy atom. The van der Waals surface area contributed by atoms with Crippen molar-refractivity contribution in [1.82, 2.24) is 4.90 Å². The Kier molecular flexibility index (Phi) is 3.43. The zero-order chi connectivity index (χ0) is 12.5. The molecule has 1 rings (SSSR count). The summed E-state index contributed by atoms with van der Waals surface area (Å²) < 4.78 is 1.05. The molecule has 0 atom stereocenters. The monoisotopic (exact) mass is 243 g/mol. The van der Waals surface area contributed by atoms with Gasteiger partial charge in [0, 0.05) is 0 Å². The van der Waals surface area contributed by atoms with Gasteiger partial charge >= 0.3 is 11.9 Å². The van der Waals surface area contributed by atoms with E-state index in [0.29, 0.717) is 0 Å². The number of rotatable bonds is 1. The van der Waals surface area contributed by atoms with Crippen molar-refractivity contribution in [1.29, 1.82) is 0 Å². The number of aliphatic imine (C=N–C) groups is 1. The Morgan fingerprint density at radius 2 is 2.12 bits per heavy atom. The van der Waals surface area contributed by atoms with Gasteiger partial charge in [0.25, 0.3) is 11.7 Å². The first kappa shape index (κ1) is 12.4. The standard InChI is InChI=1S/C8H10N4O3S/c1-11-6(9)5(10-4(13)3-16)7(14)12(2)8(11)15/h9,16H,3H2,1-2H3/p+1. The summed E-state index contributed by atoms with van der Waals surface area (Å²) in [5.41, 5.74) is 5.30. The molecule has 0 aliphatic carbocycles. The highest BCUT2D eigenvalue weighted by atomic mass is 32.1. The average Bonchev–Trinajstić information content (AvgIpc) is 2.29. The van der Waals surface area contributed by atoms with Gasteiger partial charge in [-0.15, -0.1) is 0 Å². The highest BCUT2D eigenvalue weighted by Gasteiger charge is 2.39. The second-order valence-electron chi connectivity index (χ2n) is 3.10. The molecule has 0 bridgehead atoms. The van der Waals surface area contributed by atoms with Crippen LogP contribution in [-0.2, 0) is 9.59 Å². The number of carbonyl (C=O) groups is 3. The van der Waals surface area contributed by atoms with Gasteiger partial charge in [-0.25, -0.2) is 9.59 Å². The summed E-state index contributed by atoms with van der Waals surface area (Å²) in [5, 5.41) is 0. The topological polar surface area (TPSA) is 95.8 Å². The Morgan fingerprint density at radius 1 is 1.56 bits per heavy atom. The first-order chi connectivity index (χ1) is 7.40. The summed E-state index contributed by atoms with van der Waals surface area (Å²) in [6, 6.07) is -0.570. The van der Waals surface area contributed by atoms with Gasteiger partial charge in [-0.3, -0.25) is 4.79 Å². The molecular formula is C8H11N4O3S+. The van der Waals surface area contributed by atoms with Gasteiger partial charge in [0.2, 0.25) is 5.71 Å². The number of imide groups is 1. The minimum Gasteiger partial charge on any atom is -0.316 e. The molecule has 2 N–H and O–H groups in total. The number of nitrogens with two attached hydrogens (primary N) is 1. The lowest BCUT2D eigenvalue weighted by Crippen LogP contribution is -2.55. The first-order valence-corrected chi connectivity index (χ1v) is 4.94. The van der Waals surface area contributed by atoms with Gasteiger partial charge in [-0.05, 0) is 0 Å². The van der Waals surface area contributed by atoms with E-state index in [1.165, 1.54) is 14.1 Å². The van der Waals surface area contributed by atoms with Crippen molar-refractivity contribution >= 4 is 42.0 Å². The number of nitrogens with zero attached hydrogens (tertiary/aromatic N) is 3. The average molecular weight is 243 g/mol. The summed E-state index contributed by atoms with van der Waals surface area (Å²) in [5.74, 6) is -1.56. The molecule has 7 nitrogen and oxygen atoms in total. The van der Waals surface area contributed by atoms with Crippen molar-refractivity contribution in [2.75, 3.05) is 19.8 Å². The number of carbonyl (C=O) groups excluding carboxylic acids is 3. The maximum absolute atomic E-state index is 11.6. The van der Waals surface area contributed by atoms with Crippen molar-refractivity contribution in [3.05, 3.63) is 0 Å². The molecule has 0 aromatic rings. The summed E-state index contributed by atoms with van der Waals surface area (Å²) in [4.78, 5) is 38.4. The van der Waals surface area contributed by atoms with Gasteiger partial charge in [-0.1, -0.05) is 0 Å².